The van der Waals surface area contributed by atoms with Crippen LogP contribution in [0.15, 0.2) is 0 Å². The molecule has 10 heteroatoms. The van der Waals surface area contributed by atoms with Crippen LogP contribution >= 0.6 is 25.6 Å². The molecule has 2 amide bonds. The van der Waals surface area contributed by atoms with E-state index in [0.29, 0.717) is 6.42 Å². The minimum Gasteiger partial charge on any atom is -0.289 e. The summed E-state index contributed by atoms with van der Waals surface area (Å²) in [7, 11) is 0. The molecular formula is C16H30N6O2S2. The maximum Gasteiger partial charge on any atom is 0.238 e. The van der Waals surface area contributed by atoms with Crippen molar-refractivity contribution in [3.63, 3.8) is 0 Å². The molecule has 0 bridgehead atoms. The Morgan fingerprint density at radius 2 is 1.27 bits per heavy atom. The summed E-state index contributed by atoms with van der Waals surface area (Å²) in [6.45, 7) is 5.03. The number of carbonyl (C=O) groups is 2. The van der Waals surface area contributed by atoms with Gasteiger partial charge in [-0.2, -0.15) is 0 Å². The molecule has 0 aromatic rings. The Balaban J connectivity index is 0.000000151. The lowest BCUT2D eigenvalue weighted by atomic mass is 9.77. The molecule has 4 aliphatic rings. The minimum atomic E-state index is -0.127. The monoisotopic (exact) mass is 402 g/mol. The van der Waals surface area contributed by atoms with E-state index in [2.05, 4.69) is 25.6 Å². The van der Waals surface area contributed by atoms with Gasteiger partial charge in [0.05, 0.1) is 5.41 Å². The fourth-order valence-electron chi connectivity index (χ4n) is 4.43. The first-order chi connectivity index (χ1) is 12.3. The molecule has 4 saturated heterocycles. The number of piperidine rings is 2. The van der Waals surface area contributed by atoms with Gasteiger partial charge in [-0.25, -0.2) is 10.0 Å². The van der Waals surface area contributed by atoms with Crippen LogP contribution in [0.4, 0.5) is 0 Å². The number of nitrogens with two attached hydrogens (primary N) is 2. The molecule has 0 atom stereocenters. The molecule has 2 spiro atoms. The van der Waals surface area contributed by atoms with Crippen molar-refractivity contribution < 1.29 is 9.59 Å². The van der Waals surface area contributed by atoms with Crippen molar-refractivity contribution in [1.82, 2.24) is 18.6 Å². The third-order valence-electron chi connectivity index (χ3n) is 6.40. The maximum absolute atomic E-state index is 11.8. The zero-order valence-electron chi connectivity index (χ0n) is 15.1. The van der Waals surface area contributed by atoms with Gasteiger partial charge in [-0.05, 0) is 32.1 Å². The van der Waals surface area contributed by atoms with E-state index in [0.717, 1.165) is 71.4 Å². The fraction of sp³-hybridized carbons (Fsp3) is 0.875. The molecule has 0 unspecified atom stereocenters. The third-order valence-corrected chi connectivity index (χ3v) is 7.15. The molecule has 8 nitrogen and oxygen atoms in total. The van der Waals surface area contributed by atoms with E-state index in [4.69, 9.17) is 11.7 Å². The van der Waals surface area contributed by atoms with Crippen molar-refractivity contribution in [3.8, 4) is 0 Å². The summed E-state index contributed by atoms with van der Waals surface area (Å²) in [5, 5.41) is 3.62. The van der Waals surface area contributed by atoms with Crippen molar-refractivity contribution in [3.05, 3.63) is 0 Å². The Morgan fingerprint density at radius 3 is 1.69 bits per heavy atom. The van der Waals surface area contributed by atoms with Crippen LogP contribution in [0.5, 0.6) is 0 Å². The van der Waals surface area contributed by atoms with E-state index in [9.17, 15) is 9.59 Å². The SMILES string of the molecule is NN1CCC2(CC1)CC(=O)N(S)C2.NN1CCC2(CC1)CCN(S)C2=O. The van der Waals surface area contributed by atoms with Crippen LogP contribution in [0.1, 0.15) is 38.5 Å². The van der Waals surface area contributed by atoms with E-state index in [-0.39, 0.29) is 22.6 Å². The number of nitrogens with zero attached hydrogens (tertiary/aromatic N) is 4. The molecule has 0 aromatic heterocycles. The molecule has 0 aliphatic carbocycles. The Kier molecular flexibility index (Phi) is 6.10. The van der Waals surface area contributed by atoms with Gasteiger partial charge in [0.25, 0.3) is 0 Å². The standard InChI is InChI=1S/2C8H15N3OS/c9-10-4-1-8(2-5-10)3-6-11(13)7(8)12;9-10-3-1-8(2-4-10)5-7(12)11(13)6-8/h2*13H,1-6,9H2. The van der Waals surface area contributed by atoms with Crippen LogP contribution in [0, 0.1) is 10.8 Å². The van der Waals surface area contributed by atoms with Gasteiger partial charge in [-0.1, -0.05) is 25.6 Å². The first-order valence-corrected chi connectivity index (χ1v) is 10.0. The van der Waals surface area contributed by atoms with Crippen LogP contribution in [0.2, 0.25) is 0 Å². The molecule has 4 rings (SSSR count). The average molecular weight is 403 g/mol. The number of thiol groups is 2. The summed E-state index contributed by atoms with van der Waals surface area (Å²) < 4.78 is 3.10. The predicted molar refractivity (Wildman–Crippen MR) is 105 cm³/mol. The zero-order chi connectivity index (χ0) is 18.9. The highest BCUT2D eigenvalue weighted by molar-refractivity contribution is 7.78. The van der Waals surface area contributed by atoms with Crippen molar-refractivity contribution in [2.24, 2.45) is 22.5 Å². The van der Waals surface area contributed by atoms with Gasteiger partial charge in [0.15, 0.2) is 0 Å². The highest BCUT2D eigenvalue weighted by Crippen LogP contribution is 2.42. The van der Waals surface area contributed by atoms with Crippen LogP contribution < -0.4 is 11.7 Å². The molecule has 4 aliphatic heterocycles. The molecule has 0 aromatic carbocycles. The smallest absolute Gasteiger partial charge is 0.238 e. The molecule has 0 radical (unpaired) electrons. The number of carbonyl (C=O) groups excluding carboxylic acids is 2. The number of hydrazine groups is 2. The van der Waals surface area contributed by atoms with E-state index in [1.807, 2.05) is 5.01 Å². The van der Waals surface area contributed by atoms with E-state index in [1.165, 1.54) is 0 Å². The molecule has 4 fully saturated rings. The Labute approximate surface area is 166 Å². The number of hydrogen-bond acceptors (Lipinski definition) is 8. The summed E-state index contributed by atoms with van der Waals surface area (Å²) in [6.07, 6.45) is 5.42. The van der Waals surface area contributed by atoms with Crippen molar-refractivity contribution in [2.45, 2.75) is 38.5 Å². The summed E-state index contributed by atoms with van der Waals surface area (Å²) in [6, 6.07) is 0. The molecule has 4 heterocycles. The van der Waals surface area contributed by atoms with Gasteiger partial charge < -0.3 is 0 Å². The number of amides is 2. The highest BCUT2D eigenvalue weighted by Gasteiger charge is 2.47. The molecule has 26 heavy (non-hydrogen) atoms. The minimum absolute atomic E-state index is 0.127. The van der Waals surface area contributed by atoms with Gasteiger partial charge in [0.2, 0.25) is 11.8 Å². The van der Waals surface area contributed by atoms with Crippen molar-refractivity contribution in [2.75, 3.05) is 39.3 Å². The molecule has 0 saturated carbocycles. The summed E-state index contributed by atoms with van der Waals surface area (Å²) in [5.41, 5.74) is 0.0479. The van der Waals surface area contributed by atoms with Gasteiger partial charge >= 0.3 is 0 Å². The first-order valence-electron chi connectivity index (χ1n) is 9.25. The van der Waals surface area contributed by atoms with E-state index < -0.39 is 0 Å². The second-order valence-electron chi connectivity index (χ2n) is 8.16. The summed E-state index contributed by atoms with van der Waals surface area (Å²) in [5.74, 6) is 11.7. The number of hydrogen-bond donors (Lipinski definition) is 4. The Morgan fingerprint density at radius 1 is 0.769 bits per heavy atom. The lowest BCUT2D eigenvalue weighted by Crippen LogP contribution is -2.46. The summed E-state index contributed by atoms with van der Waals surface area (Å²) in [4.78, 5) is 23.1. The van der Waals surface area contributed by atoms with Crippen LogP contribution in [0.25, 0.3) is 0 Å². The van der Waals surface area contributed by atoms with E-state index in [1.54, 1.807) is 13.6 Å². The van der Waals surface area contributed by atoms with Gasteiger partial charge in [0, 0.05) is 51.1 Å². The lowest BCUT2D eigenvalue weighted by molar-refractivity contribution is -0.134. The van der Waals surface area contributed by atoms with Crippen molar-refractivity contribution >= 4 is 37.4 Å². The number of rotatable bonds is 0. The molecule has 4 N–H and O–H groups in total. The van der Waals surface area contributed by atoms with Crippen LogP contribution in [-0.2, 0) is 9.59 Å². The van der Waals surface area contributed by atoms with Crippen LogP contribution in [-0.4, -0.2) is 69.7 Å². The Hall–Kier alpha value is -0.520. The molecular weight excluding hydrogens is 372 g/mol. The second kappa shape index (κ2) is 7.84. The highest BCUT2D eigenvalue weighted by atomic mass is 32.1. The fourth-order valence-corrected chi connectivity index (χ4v) is 5.11. The largest absolute Gasteiger partial charge is 0.289 e. The third kappa shape index (κ3) is 4.15. The normalized spacial score (nSPS) is 28.8. The predicted octanol–water partition coefficient (Wildman–Crippen LogP) is 0.0388. The quantitative estimate of drug-likeness (QED) is 0.337. The van der Waals surface area contributed by atoms with E-state index >= 15 is 0 Å². The van der Waals surface area contributed by atoms with Crippen molar-refractivity contribution in [1.29, 1.82) is 0 Å². The Bertz CT molecular complexity index is 547. The molecule has 148 valence electrons. The second-order valence-corrected chi connectivity index (χ2v) is 9.12. The average Bonchev–Trinajstić information content (AvgIpc) is 3.05. The van der Waals surface area contributed by atoms with Gasteiger partial charge in [-0.3, -0.25) is 29.9 Å². The summed E-state index contributed by atoms with van der Waals surface area (Å²) >= 11 is 8.27. The maximum atomic E-state index is 11.8. The topological polar surface area (TPSA) is 99.1 Å². The first kappa shape index (κ1) is 20.2. The lowest BCUT2D eigenvalue weighted by Gasteiger charge is -2.36. The zero-order valence-corrected chi connectivity index (χ0v) is 16.9. The van der Waals surface area contributed by atoms with Gasteiger partial charge in [0.1, 0.15) is 0 Å². The van der Waals surface area contributed by atoms with Crippen LogP contribution in [0.3, 0.4) is 0 Å². The van der Waals surface area contributed by atoms with Gasteiger partial charge in [-0.15, -0.1) is 0 Å².